The summed E-state index contributed by atoms with van der Waals surface area (Å²) in [7, 11) is 0. The Morgan fingerprint density at radius 1 is 1.27 bits per heavy atom. The Kier molecular flexibility index (Phi) is 8.85. The summed E-state index contributed by atoms with van der Waals surface area (Å²) < 4.78 is 4.79. The number of ether oxygens (including phenoxy) is 1. The topological polar surface area (TPSA) is 161 Å². The van der Waals surface area contributed by atoms with Crippen LogP contribution in [0.25, 0.3) is 0 Å². The molecule has 26 heavy (non-hydrogen) atoms. The standard InChI is InChI=1S/C15H20N2O8S/c1-26-8-4-6-10(13(18)19)16-15(22)25-12(14(20)21)9-5-2-3-7-11(9)17(23)24/h2-3,5,7,10,12,17,23H,4,6,8H2,1H3,(H,16,22)(H,18,19)(H,20,21)/t10-,12?/m1/s1. The van der Waals surface area contributed by atoms with Gasteiger partial charge in [0, 0.05) is 6.07 Å². The van der Waals surface area contributed by atoms with Crippen molar-refractivity contribution in [3.05, 3.63) is 35.0 Å². The summed E-state index contributed by atoms with van der Waals surface area (Å²) in [6.45, 7) is 0. The predicted octanol–water partition coefficient (Wildman–Crippen LogP) is 0.538. The van der Waals surface area contributed by atoms with E-state index >= 15 is 0 Å². The zero-order chi connectivity index (χ0) is 19.7. The Balaban J connectivity index is 2.89. The molecule has 1 aromatic rings. The van der Waals surface area contributed by atoms with E-state index in [4.69, 9.17) is 15.1 Å². The lowest BCUT2D eigenvalue weighted by molar-refractivity contribution is -0.991. The summed E-state index contributed by atoms with van der Waals surface area (Å²) in [6, 6.07) is 3.96. The Bertz CT molecular complexity index is 640. The quantitative estimate of drug-likeness (QED) is 0.284. The number of thioether (sulfide) groups is 1. The van der Waals surface area contributed by atoms with Crippen LogP contribution in [-0.2, 0) is 14.3 Å². The summed E-state index contributed by atoms with van der Waals surface area (Å²) in [5.41, 5.74) is -0.556. The number of carbonyl (C=O) groups is 3. The minimum atomic E-state index is -1.89. The molecule has 0 aromatic heterocycles. The minimum Gasteiger partial charge on any atom is -0.595 e. The molecule has 1 amide bonds. The van der Waals surface area contributed by atoms with Crippen molar-refractivity contribution in [2.75, 3.05) is 12.0 Å². The molecule has 5 N–H and O–H groups in total. The maximum atomic E-state index is 11.9. The van der Waals surface area contributed by atoms with E-state index in [-0.39, 0.29) is 17.7 Å². The average molecular weight is 388 g/mol. The number of benzene rings is 1. The third kappa shape index (κ3) is 6.52. The fourth-order valence-corrected chi connectivity index (χ4v) is 2.60. The lowest BCUT2D eigenvalue weighted by Crippen LogP contribution is -2.99. The van der Waals surface area contributed by atoms with Crippen LogP contribution < -0.4 is 10.5 Å². The molecule has 144 valence electrons. The van der Waals surface area contributed by atoms with E-state index in [2.05, 4.69) is 5.32 Å². The fourth-order valence-electron chi connectivity index (χ4n) is 2.14. The van der Waals surface area contributed by atoms with Crippen LogP contribution in [0.4, 0.5) is 10.5 Å². The molecule has 0 aliphatic carbocycles. The summed E-state index contributed by atoms with van der Waals surface area (Å²) in [6.07, 6.45) is -0.608. The third-order valence-corrected chi connectivity index (χ3v) is 4.05. The zero-order valence-corrected chi connectivity index (χ0v) is 14.7. The molecule has 10 nitrogen and oxygen atoms in total. The number of hydrogen-bond donors (Lipinski definition) is 5. The van der Waals surface area contributed by atoms with E-state index in [1.54, 1.807) is 0 Å². The van der Waals surface area contributed by atoms with E-state index in [9.17, 15) is 24.7 Å². The largest absolute Gasteiger partial charge is 0.595 e. The number of para-hydroxylation sites is 1. The number of aliphatic carboxylic acids is 2. The smallest absolute Gasteiger partial charge is 0.409 e. The molecule has 2 unspecified atom stereocenters. The van der Waals surface area contributed by atoms with Gasteiger partial charge < -0.3 is 25.5 Å². The van der Waals surface area contributed by atoms with E-state index in [1.165, 1.54) is 36.0 Å². The first-order valence-electron chi connectivity index (χ1n) is 7.51. The summed E-state index contributed by atoms with van der Waals surface area (Å²) in [5, 5.41) is 39.5. The van der Waals surface area contributed by atoms with Crippen molar-refractivity contribution < 1.29 is 39.8 Å². The fraction of sp³-hybridized carbons (Fsp3) is 0.400. The molecule has 0 aliphatic rings. The molecular weight excluding hydrogens is 368 g/mol. The van der Waals surface area contributed by atoms with Gasteiger partial charge in [0.1, 0.15) is 6.04 Å². The lowest BCUT2D eigenvalue weighted by atomic mass is 10.1. The van der Waals surface area contributed by atoms with Gasteiger partial charge in [0.15, 0.2) is 5.69 Å². The van der Waals surface area contributed by atoms with Crippen LogP contribution in [0.1, 0.15) is 24.5 Å². The molecule has 1 aromatic carbocycles. The predicted molar refractivity (Wildman–Crippen MR) is 91.3 cm³/mol. The SMILES string of the molecule is CSCCC[C@@H](NC(=O)OC(C(=O)O)c1ccccc1[NH+]([O-])O)C(=O)O. The number of hydrogen-bond acceptors (Lipinski definition) is 7. The van der Waals surface area contributed by atoms with E-state index < -0.39 is 35.4 Å². The summed E-state index contributed by atoms with van der Waals surface area (Å²) in [5.74, 6) is -2.16. The number of carboxylic acids is 2. The van der Waals surface area contributed by atoms with Crippen molar-refractivity contribution in [3.8, 4) is 0 Å². The first-order valence-corrected chi connectivity index (χ1v) is 8.91. The van der Waals surface area contributed by atoms with E-state index in [1.807, 2.05) is 6.26 Å². The maximum Gasteiger partial charge on any atom is 0.409 e. The van der Waals surface area contributed by atoms with Gasteiger partial charge in [-0.3, -0.25) is 0 Å². The molecule has 0 heterocycles. The lowest BCUT2D eigenvalue weighted by Gasteiger charge is -2.21. The number of alkyl carbamates (subject to hydrolysis) is 1. The summed E-state index contributed by atoms with van der Waals surface area (Å²) in [4.78, 5) is 34.6. The maximum absolute atomic E-state index is 11.9. The molecule has 0 spiro atoms. The van der Waals surface area contributed by atoms with Gasteiger partial charge >= 0.3 is 18.0 Å². The Morgan fingerprint density at radius 3 is 2.46 bits per heavy atom. The van der Waals surface area contributed by atoms with Crippen molar-refractivity contribution in [1.29, 1.82) is 0 Å². The molecule has 0 saturated carbocycles. The molecule has 11 heteroatoms. The first kappa shape index (κ1) is 21.7. The van der Waals surface area contributed by atoms with E-state index in [0.717, 1.165) is 0 Å². The number of amides is 1. The molecule has 0 bridgehead atoms. The normalized spacial score (nSPS) is 14.1. The number of nitrogens with one attached hydrogen (secondary N) is 2. The second-order valence-corrected chi connectivity index (χ2v) is 6.17. The first-order chi connectivity index (χ1) is 12.3. The van der Waals surface area contributed by atoms with Crippen LogP contribution in [0.2, 0.25) is 0 Å². The monoisotopic (exact) mass is 388 g/mol. The molecular formula is C15H20N2O8S. The molecule has 3 atom stereocenters. The van der Waals surface area contributed by atoms with Crippen LogP contribution in [0.15, 0.2) is 24.3 Å². The second kappa shape index (κ2) is 10.6. The van der Waals surface area contributed by atoms with E-state index in [0.29, 0.717) is 12.2 Å². The number of quaternary nitrogens is 1. The van der Waals surface area contributed by atoms with Gasteiger partial charge in [0.05, 0.1) is 5.56 Å². The highest BCUT2D eigenvalue weighted by atomic mass is 32.2. The highest BCUT2D eigenvalue weighted by Crippen LogP contribution is 2.23. The third-order valence-electron chi connectivity index (χ3n) is 3.35. The summed E-state index contributed by atoms with van der Waals surface area (Å²) >= 11 is 1.52. The Morgan fingerprint density at radius 2 is 1.92 bits per heavy atom. The van der Waals surface area contributed by atoms with Crippen LogP contribution in [0, 0.1) is 5.21 Å². The number of carbonyl (C=O) groups excluding carboxylic acids is 1. The molecule has 1 rings (SSSR count). The van der Waals surface area contributed by atoms with Crippen LogP contribution in [-0.4, -0.2) is 51.5 Å². The molecule has 0 aliphatic heterocycles. The average Bonchev–Trinajstić information content (AvgIpc) is 2.58. The van der Waals surface area contributed by atoms with Crippen molar-refractivity contribution in [3.63, 3.8) is 0 Å². The van der Waals surface area contributed by atoms with Gasteiger partial charge in [-0.25, -0.2) is 19.6 Å². The number of carboxylic acid groups (broad SMARTS) is 2. The van der Waals surface area contributed by atoms with Gasteiger partial charge in [-0.2, -0.15) is 17.0 Å². The van der Waals surface area contributed by atoms with Crippen molar-refractivity contribution >= 4 is 35.5 Å². The highest BCUT2D eigenvalue weighted by molar-refractivity contribution is 7.98. The van der Waals surface area contributed by atoms with Crippen LogP contribution in [0.3, 0.4) is 0 Å². The Labute approximate surface area is 153 Å². The number of rotatable bonds is 10. The van der Waals surface area contributed by atoms with Crippen molar-refractivity contribution in [1.82, 2.24) is 5.32 Å². The van der Waals surface area contributed by atoms with Gasteiger partial charge in [-0.1, -0.05) is 12.1 Å². The van der Waals surface area contributed by atoms with Crippen LogP contribution >= 0.6 is 11.8 Å². The Hall–Kier alpha value is -2.34. The van der Waals surface area contributed by atoms with Crippen molar-refractivity contribution in [2.24, 2.45) is 0 Å². The van der Waals surface area contributed by atoms with Gasteiger partial charge in [0.2, 0.25) is 6.10 Å². The molecule has 0 fully saturated rings. The van der Waals surface area contributed by atoms with Crippen LogP contribution in [0.5, 0.6) is 0 Å². The second-order valence-electron chi connectivity index (χ2n) is 5.19. The van der Waals surface area contributed by atoms with Gasteiger partial charge in [-0.05, 0) is 30.9 Å². The van der Waals surface area contributed by atoms with Gasteiger partial charge in [0.25, 0.3) is 0 Å². The molecule has 0 radical (unpaired) electrons. The molecule has 0 saturated heterocycles. The minimum absolute atomic E-state index is 0.148. The van der Waals surface area contributed by atoms with Gasteiger partial charge in [-0.15, -0.1) is 0 Å². The highest BCUT2D eigenvalue weighted by Gasteiger charge is 2.31. The zero-order valence-electron chi connectivity index (χ0n) is 13.9. The van der Waals surface area contributed by atoms with Crippen molar-refractivity contribution in [2.45, 2.75) is 25.0 Å².